The summed E-state index contributed by atoms with van der Waals surface area (Å²) in [6.45, 7) is 1.75. The zero-order valence-corrected chi connectivity index (χ0v) is 13.1. The Hall–Kier alpha value is -2.68. The van der Waals surface area contributed by atoms with Gasteiger partial charge in [0.25, 0.3) is 15.7 Å². The Kier molecular flexibility index (Phi) is 4.50. The van der Waals surface area contributed by atoms with E-state index in [2.05, 4.69) is 4.72 Å². The van der Waals surface area contributed by atoms with Crippen molar-refractivity contribution in [3.05, 3.63) is 57.9 Å². The topological polar surface area (TPSA) is 98.5 Å². The lowest BCUT2D eigenvalue weighted by atomic mass is 10.2. The molecule has 9 heteroatoms. The number of nitrogens with zero attached hydrogens (tertiary/aromatic N) is 1. The van der Waals surface area contributed by atoms with E-state index in [0.29, 0.717) is 6.07 Å². The molecule has 23 heavy (non-hydrogen) atoms. The molecule has 0 bridgehead atoms. The predicted octanol–water partition coefficient (Wildman–Crippen LogP) is 2.85. The van der Waals surface area contributed by atoms with Gasteiger partial charge >= 0.3 is 0 Å². The fraction of sp³-hybridized carbons (Fsp3) is 0.143. The third kappa shape index (κ3) is 3.57. The number of hydrogen-bond acceptors (Lipinski definition) is 5. The summed E-state index contributed by atoms with van der Waals surface area (Å²) in [6.07, 6.45) is 0. The molecule has 0 amide bonds. The number of halogens is 1. The van der Waals surface area contributed by atoms with E-state index in [1.54, 1.807) is 19.1 Å². The molecule has 0 aliphatic carbocycles. The zero-order valence-electron chi connectivity index (χ0n) is 12.2. The molecule has 1 N–H and O–H groups in total. The Morgan fingerprint density at radius 3 is 2.52 bits per heavy atom. The van der Waals surface area contributed by atoms with Gasteiger partial charge in [0.1, 0.15) is 11.6 Å². The Morgan fingerprint density at radius 1 is 1.22 bits per heavy atom. The van der Waals surface area contributed by atoms with Gasteiger partial charge < -0.3 is 4.74 Å². The smallest absolute Gasteiger partial charge is 0.292 e. The highest BCUT2D eigenvalue weighted by atomic mass is 32.2. The number of methoxy groups -OCH3 is 1. The standard InChI is InChI=1S/C14H13FN2O5S/c1-9-3-5-13(22-2)11(7-9)16-23(20,21)14-6-4-10(15)8-12(14)17(18)19/h3-8,16H,1-2H3. The molecule has 2 aromatic carbocycles. The quantitative estimate of drug-likeness (QED) is 0.666. The second-order valence-electron chi connectivity index (χ2n) is 4.68. The first-order chi connectivity index (χ1) is 10.7. The lowest BCUT2D eigenvalue weighted by Crippen LogP contribution is -2.15. The highest BCUT2D eigenvalue weighted by Gasteiger charge is 2.27. The summed E-state index contributed by atoms with van der Waals surface area (Å²) in [4.78, 5) is 9.39. The van der Waals surface area contributed by atoms with Gasteiger partial charge in [-0.05, 0) is 36.8 Å². The van der Waals surface area contributed by atoms with Crippen molar-refractivity contribution in [2.24, 2.45) is 0 Å². The molecule has 0 radical (unpaired) electrons. The van der Waals surface area contributed by atoms with Crippen LogP contribution in [0.5, 0.6) is 5.75 Å². The van der Waals surface area contributed by atoms with Crippen molar-refractivity contribution in [2.45, 2.75) is 11.8 Å². The SMILES string of the molecule is COc1ccc(C)cc1NS(=O)(=O)c1ccc(F)cc1[N+](=O)[O-]. The third-order valence-corrected chi connectivity index (χ3v) is 4.42. The van der Waals surface area contributed by atoms with Crippen LogP contribution in [0.3, 0.4) is 0 Å². The van der Waals surface area contributed by atoms with Crippen LogP contribution in [0.2, 0.25) is 0 Å². The summed E-state index contributed by atoms with van der Waals surface area (Å²) in [5.41, 5.74) is 0.0485. The number of benzene rings is 2. The maximum Gasteiger partial charge on any atom is 0.292 e. The maximum absolute atomic E-state index is 13.2. The molecule has 0 heterocycles. The zero-order chi connectivity index (χ0) is 17.2. The molecule has 0 unspecified atom stereocenters. The Bertz CT molecular complexity index is 867. The van der Waals surface area contributed by atoms with Crippen LogP contribution in [0.25, 0.3) is 0 Å². The minimum atomic E-state index is -4.29. The van der Waals surface area contributed by atoms with E-state index >= 15 is 0 Å². The fourth-order valence-electron chi connectivity index (χ4n) is 1.96. The van der Waals surface area contributed by atoms with Gasteiger partial charge in [0.05, 0.1) is 23.8 Å². The minimum Gasteiger partial charge on any atom is -0.495 e. The molecule has 0 aliphatic rings. The van der Waals surface area contributed by atoms with Crippen LogP contribution in [0, 0.1) is 22.9 Å². The highest BCUT2D eigenvalue weighted by Crippen LogP contribution is 2.31. The van der Waals surface area contributed by atoms with Gasteiger partial charge in [-0.2, -0.15) is 0 Å². The van der Waals surface area contributed by atoms with E-state index in [-0.39, 0.29) is 11.4 Å². The van der Waals surface area contributed by atoms with E-state index in [1.165, 1.54) is 13.2 Å². The number of sulfonamides is 1. The molecule has 0 spiro atoms. The van der Waals surface area contributed by atoms with E-state index < -0.39 is 31.3 Å². The van der Waals surface area contributed by atoms with Gasteiger partial charge in [-0.25, -0.2) is 12.8 Å². The maximum atomic E-state index is 13.2. The van der Waals surface area contributed by atoms with Crippen molar-refractivity contribution in [3.8, 4) is 5.75 Å². The van der Waals surface area contributed by atoms with E-state index in [1.807, 2.05) is 0 Å². The molecule has 7 nitrogen and oxygen atoms in total. The van der Waals surface area contributed by atoms with Crippen molar-refractivity contribution < 1.29 is 22.5 Å². The van der Waals surface area contributed by atoms with Gasteiger partial charge in [-0.15, -0.1) is 0 Å². The molecule has 0 saturated carbocycles. The van der Waals surface area contributed by atoms with Gasteiger partial charge in [0.2, 0.25) is 0 Å². The normalized spacial score (nSPS) is 11.1. The van der Waals surface area contributed by atoms with Gasteiger partial charge in [-0.1, -0.05) is 6.07 Å². The Labute approximate surface area is 131 Å². The number of rotatable bonds is 5. The third-order valence-electron chi connectivity index (χ3n) is 3.01. The van der Waals surface area contributed by atoms with E-state index in [0.717, 1.165) is 17.7 Å². The summed E-state index contributed by atoms with van der Waals surface area (Å²) in [5, 5.41) is 11.0. The van der Waals surface area contributed by atoms with Crippen LogP contribution < -0.4 is 9.46 Å². The number of nitro benzene ring substituents is 1. The minimum absolute atomic E-state index is 0.131. The van der Waals surface area contributed by atoms with Crippen molar-refractivity contribution in [3.63, 3.8) is 0 Å². The first-order valence-electron chi connectivity index (χ1n) is 6.36. The molecular weight excluding hydrogens is 327 g/mol. The molecule has 2 rings (SSSR count). The molecule has 0 fully saturated rings. The average molecular weight is 340 g/mol. The summed E-state index contributed by atoms with van der Waals surface area (Å²) >= 11 is 0. The van der Waals surface area contributed by atoms with Crippen molar-refractivity contribution in [1.82, 2.24) is 0 Å². The summed E-state index contributed by atoms with van der Waals surface area (Å²) in [7, 11) is -2.93. The molecule has 0 saturated heterocycles. The van der Waals surface area contributed by atoms with E-state index in [9.17, 15) is 22.9 Å². The van der Waals surface area contributed by atoms with Crippen LogP contribution >= 0.6 is 0 Å². The van der Waals surface area contributed by atoms with Gasteiger partial charge in [-0.3, -0.25) is 14.8 Å². The monoisotopic (exact) mass is 340 g/mol. The second kappa shape index (κ2) is 6.21. The van der Waals surface area contributed by atoms with Crippen LogP contribution in [0.15, 0.2) is 41.3 Å². The number of nitro groups is 1. The predicted molar refractivity (Wildman–Crippen MR) is 81.6 cm³/mol. The fourth-order valence-corrected chi connectivity index (χ4v) is 3.18. The summed E-state index contributed by atoms with van der Waals surface area (Å²) < 4.78 is 45.3. The van der Waals surface area contributed by atoms with Crippen LogP contribution in [0.1, 0.15) is 5.56 Å². The van der Waals surface area contributed by atoms with E-state index in [4.69, 9.17) is 4.74 Å². The first-order valence-corrected chi connectivity index (χ1v) is 7.84. The molecule has 122 valence electrons. The molecule has 0 aromatic heterocycles. The first kappa shape index (κ1) is 16.7. The summed E-state index contributed by atoms with van der Waals surface area (Å²) in [5.74, 6) is -0.646. The Balaban J connectivity index is 2.52. The van der Waals surface area contributed by atoms with Crippen LogP contribution in [-0.4, -0.2) is 20.5 Å². The van der Waals surface area contributed by atoms with Crippen molar-refractivity contribution >= 4 is 21.4 Å². The molecule has 0 atom stereocenters. The molecule has 0 aliphatic heterocycles. The van der Waals surface area contributed by atoms with Gasteiger partial charge in [0, 0.05) is 0 Å². The van der Waals surface area contributed by atoms with Gasteiger partial charge in [0.15, 0.2) is 4.90 Å². The number of nitrogens with one attached hydrogen (secondary N) is 1. The lowest BCUT2D eigenvalue weighted by molar-refractivity contribution is -0.388. The molecule has 2 aromatic rings. The number of ether oxygens (including phenoxy) is 1. The van der Waals surface area contributed by atoms with Crippen molar-refractivity contribution in [2.75, 3.05) is 11.8 Å². The van der Waals surface area contributed by atoms with Crippen LogP contribution in [-0.2, 0) is 10.0 Å². The number of anilines is 1. The number of hydrogen-bond donors (Lipinski definition) is 1. The number of aryl methyl sites for hydroxylation is 1. The van der Waals surface area contributed by atoms with Crippen LogP contribution in [0.4, 0.5) is 15.8 Å². The second-order valence-corrected chi connectivity index (χ2v) is 6.33. The average Bonchev–Trinajstić information content (AvgIpc) is 2.46. The largest absolute Gasteiger partial charge is 0.495 e. The summed E-state index contributed by atoms with van der Waals surface area (Å²) in [6, 6.07) is 7.05. The highest BCUT2D eigenvalue weighted by molar-refractivity contribution is 7.92. The molecular formula is C14H13FN2O5S. The lowest BCUT2D eigenvalue weighted by Gasteiger charge is -2.12. The van der Waals surface area contributed by atoms with Crippen molar-refractivity contribution in [1.29, 1.82) is 0 Å². The Morgan fingerprint density at radius 2 is 1.91 bits per heavy atom.